The highest BCUT2D eigenvalue weighted by Gasteiger charge is 2.50. The van der Waals surface area contributed by atoms with Gasteiger partial charge in [-0.15, -0.1) is 0 Å². The first-order chi connectivity index (χ1) is 33.2. The fraction of sp³-hybridized carbons (Fsp3) is 0.0156. The molecule has 0 N–H and O–H groups in total. The standard InChI is InChI=1S/C64H41N3/c1-4-21-42(22-5-1)45-39-46(43-23-6-2-7-24-43)41-47(40-45)61-65-62(53-32-13-10-27-48(53)44-25-8-3-9-26-44)67-63(66-61)55-34-20-38-59-60(55)54-33-16-19-37-58(54)64(59)56-35-17-14-30-51(56)49-28-11-12-29-50(49)52-31-15-18-36-57(52)64/h1-41H. The van der Waals surface area contributed by atoms with E-state index in [9.17, 15) is 0 Å². The molecule has 2 aliphatic carbocycles. The zero-order valence-electron chi connectivity index (χ0n) is 36.5. The van der Waals surface area contributed by atoms with Crippen LogP contribution in [0, 0.1) is 0 Å². The molecular formula is C64H41N3. The smallest absolute Gasteiger partial charge is 0.164 e. The minimum absolute atomic E-state index is 0.608. The van der Waals surface area contributed by atoms with E-state index in [4.69, 9.17) is 15.0 Å². The van der Waals surface area contributed by atoms with Crippen molar-refractivity contribution >= 4 is 0 Å². The molecule has 0 fully saturated rings. The fourth-order valence-corrected chi connectivity index (χ4v) is 10.9. The Kier molecular flexibility index (Phi) is 9.07. The molecule has 0 radical (unpaired) electrons. The highest BCUT2D eigenvalue weighted by atomic mass is 15.0. The second kappa shape index (κ2) is 15.7. The number of aromatic nitrogens is 3. The molecule has 1 spiro atoms. The van der Waals surface area contributed by atoms with E-state index in [0.717, 1.165) is 55.6 Å². The summed E-state index contributed by atoms with van der Waals surface area (Å²) < 4.78 is 0. The zero-order valence-corrected chi connectivity index (χ0v) is 36.5. The lowest BCUT2D eigenvalue weighted by molar-refractivity contribution is 0.775. The maximum atomic E-state index is 5.57. The van der Waals surface area contributed by atoms with E-state index in [1.807, 2.05) is 0 Å². The zero-order chi connectivity index (χ0) is 44.3. The SMILES string of the molecule is c1ccc(-c2cc(-c3ccccc3)cc(-c3nc(-c4ccccc4-c4ccccc4)nc(-c4cccc5c4-c4ccccc4C54c5ccccc5-c5ccccc5-c5ccccc54)n3)c2)cc1. The van der Waals surface area contributed by atoms with Crippen LogP contribution in [0.4, 0.5) is 0 Å². The Morgan fingerprint density at radius 3 is 1.12 bits per heavy atom. The summed E-state index contributed by atoms with van der Waals surface area (Å²) in [5.41, 5.74) is 21.0. The molecule has 0 unspecified atom stereocenters. The highest BCUT2D eigenvalue weighted by Crippen LogP contribution is 2.62. The molecule has 1 aromatic heterocycles. The van der Waals surface area contributed by atoms with Crippen molar-refractivity contribution in [2.75, 3.05) is 0 Å². The summed E-state index contributed by atoms with van der Waals surface area (Å²) in [6.07, 6.45) is 0. The van der Waals surface area contributed by atoms with Crippen LogP contribution >= 0.6 is 0 Å². The van der Waals surface area contributed by atoms with Gasteiger partial charge in [0.05, 0.1) is 5.41 Å². The molecule has 10 aromatic carbocycles. The van der Waals surface area contributed by atoms with Gasteiger partial charge in [-0.3, -0.25) is 0 Å². The van der Waals surface area contributed by atoms with Crippen molar-refractivity contribution in [2.24, 2.45) is 0 Å². The Morgan fingerprint density at radius 2 is 0.567 bits per heavy atom. The third-order valence-corrected chi connectivity index (χ3v) is 13.8. The predicted molar refractivity (Wildman–Crippen MR) is 274 cm³/mol. The molecule has 67 heavy (non-hydrogen) atoms. The third-order valence-electron chi connectivity index (χ3n) is 13.8. The molecule has 0 saturated heterocycles. The first-order valence-electron chi connectivity index (χ1n) is 22.9. The number of hydrogen-bond acceptors (Lipinski definition) is 3. The van der Waals surface area contributed by atoms with Gasteiger partial charge in [0.15, 0.2) is 17.5 Å². The Hall–Kier alpha value is -8.79. The van der Waals surface area contributed by atoms with Crippen molar-refractivity contribution in [2.45, 2.75) is 5.41 Å². The van der Waals surface area contributed by atoms with Crippen molar-refractivity contribution in [3.8, 4) is 101 Å². The molecule has 0 bridgehead atoms. The minimum atomic E-state index is -0.638. The van der Waals surface area contributed by atoms with Gasteiger partial charge in [-0.05, 0) is 107 Å². The lowest BCUT2D eigenvalue weighted by Crippen LogP contribution is -2.29. The van der Waals surface area contributed by atoms with E-state index >= 15 is 0 Å². The number of benzene rings is 10. The lowest BCUT2D eigenvalue weighted by Gasteiger charge is -2.35. The van der Waals surface area contributed by atoms with Crippen LogP contribution in [0.25, 0.3) is 101 Å². The Balaban J connectivity index is 1.11. The van der Waals surface area contributed by atoms with Gasteiger partial charge in [0.25, 0.3) is 0 Å². The van der Waals surface area contributed by atoms with Gasteiger partial charge in [0.2, 0.25) is 0 Å². The van der Waals surface area contributed by atoms with Gasteiger partial charge >= 0.3 is 0 Å². The second-order valence-corrected chi connectivity index (χ2v) is 17.4. The van der Waals surface area contributed by atoms with Gasteiger partial charge in [-0.2, -0.15) is 0 Å². The number of fused-ring (bicyclic) bond motifs is 12. The average Bonchev–Trinajstić information content (AvgIpc) is 3.66. The van der Waals surface area contributed by atoms with Crippen molar-refractivity contribution in [3.05, 3.63) is 271 Å². The van der Waals surface area contributed by atoms with Crippen molar-refractivity contribution in [1.82, 2.24) is 15.0 Å². The van der Waals surface area contributed by atoms with E-state index in [2.05, 4.69) is 249 Å². The highest BCUT2D eigenvalue weighted by molar-refractivity contribution is 6.00. The Morgan fingerprint density at radius 1 is 0.209 bits per heavy atom. The van der Waals surface area contributed by atoms with Gasteiger partial charge in [-0.1, -0.05) is 231 Å². The topological polar surface area (TPSA) is 38.7 Å². The summed E-state index contributed by atoms with van der Waals surface area (Å²) >= 11 is 0. The minimum Gasteiger partial charge on any atom is -0.208 e. The molecule has 0 amide bonds. The molecule has 13 rings (SSSR count). The first kappa shape index (κ1) is 38.6. The second-order valence-electron chi connectivity index (χ2n) is 17.4. The number of rotatable bonds is 6. The summed E-state index contributed by atoms with van der Waals surface area (Å²) in [5, 5.41) is 0. The predicted octanol–water partition coefficient (Wildman–Crippen LogP) is 15.9. The van der Waals surface area contributed by atoms with Crippen molar-refractivity contribution in [3.63, 3.8) is 0 Å². The molecule has 312 valence electrons. The van der Waals surface area contributed by atoms with E-state index in [0.29, 0.717) is 17.5 Å². The maximum Gasteiger partial charge on any atom is 0.164 e. The molecule has 1 heterocycles. The largest absolute Gasteiger partial charge is 0.208 e. The maximum absolute atomic E-state index is 5.57. The van der Waals surface area contributed by atoms with Crippen LogP contribution in [0.5, 0.6) is 0 Å². The first-order valence-corrected chi connectivity index (χ1v) is 22.9. The molecule has 2 aliphatic rings. The Bertz CT molecular complexity index is 3560. The fourth-order valence-electron chi connectivity index (χ4n) is 10.9. The summed E-state index contributed by atoms with van der Waals surface area (Å²) in [6.45, 7) is 0. The molecule has 11 aromatic rings. The number of nitrogens with zero attached hydrogens (tertiary/aromatic N) is 3. The summed E-state index contributed by atoms with van der Waals surface area (Å²) in [7, 11) is 0. The normalized spacial score (nSPS) is 12.6. The van der Waals surface area contributed by atoms with Crippen LogP contribution < -0.4 is 0 Å². The van der Waals surface area contributed by atoms with Gasteiger partial charge in [0.1, 0.15) is 0 Å². The quantitative estimate of drug-likeness (QED) is 0.167. The van der Waals surface area contributed by atoms with Crippen molar-refractivity contribution in [1.29, 1.82) is 0 Å². The summed E-state index contributed by atoms with van der Waals surface area (Å²) in [5.74, 6) is 1.85. The van der Waals surface area contributed by atoms with Gasteiger partial charge < -0.3 is 0 Å². The van der Waals surface area contributed by atoms with Gasteiger partial charge in [0, 0.05) is 16.7 Å². The lowest BCUT2D eigenvalue weighted by atomic mass is 9.66. The Labute approximate surface area is 390 Å². The van der Waals surface area contributed by atoms with Crippen LogP contribution in [-0.2, 0) is 5.41 Å². The molecule has 3 nitrogen and oxygen atoms in total. The molecular weight excluding hydrogens is 811 g/mol. The van der Waals surface area contributed by atoms with Crippen LogP contribution in [0.2, 0.25) is 0 Å². The summed E-state index contributed by atoms with van der Waals surface area (Å²) in [6, 6.07) is 89.5. The molecule has 0 saturated carbocycles. The van der Waals surface area contributed by atoms with Crippen LogP contribution in [0.15, 0.2) is 249 Å². The molecule has 3 heteroatoms. The van der Waals surface area contributed by atoms with E-state index in [1.165, 1.54) is 50.1 Å². The van der Waals surface area contributed by atoms with E-state index in [1.54, 1.807) is 0 Å². The summed E-state index contributed by atoms with van der Waals surface area (Å²) in [4.78, 5) is 16.6. The molecule has 0 atom stereocenters. The van der Waals surface area contributed by atoms with Crippen LogP contribution in [0.1, 0.15) is 22.3 Å². The van der Waals surface area contributed by atoms with E-state index < -0.39 is 5.41 Å². The van der Waals surface area contributed by atoms with Crippen molar-refractivity contribution < 1.29 is 0 Å². The molecule has 0 aliphatic heterocycles. The van der Waals surface area contributed by atoms with E-state index in [-0.39, 0.29) is 0 Å². The number of hydrogen-bond donors (Lipinski definition) is 0. The third kappa shape index (κ3) is 6.16. The van der Waals surface area contributed by atoms with Gasteiger partial charge in [-0.25, -0.2) is 15.0 Å². The monoisotopic (exact) mass is 851 g/mol. The average molecular weight is 852 g/mol. The van der Waals surface area contributed by atoms with Crippen LogP contribution in [-0.4, -0.2) is 15.0 Å². The van der Waals surface area contributed by atoms with Crippen LogP contribution in [0.3, 0.4) is 0 Å².